The van der Waals surface area contributed by atoms with Crippen molar-refractivity contribution in [2.45, 2.75) is 93.5 Å². The van der Waals surface area contributed by atoms with Crippen LogP contribution in [-0.4, -0.2) is 110 Å². The maximum Gasteiger partial charge on any atom is 0.150 e. The standard InChI is InChI=1S/C46H70ClN5O4/c1-8-15-29-52-42-34-40(53-30-16-26-49(9-2)10-3)36-44(56-32-18-28-51(13-6)14-7)45(42)48-46(52)41-24-23-39(54-33-25-37-19-21-38(47)22-20-37)35-43(41)55-31-17-27-50(11-4)12-5/h19-24,34-36H,8-18,25-33H2,1-7H3. The number of fused-ring (bicyclic) bond motifs is 1. The molecule has 0 bridgehead atoms. The maximum atomic E-state index is 6.65. The molecule has 0 spiro atoms. The van der Waals surface area contributed by atoms with Gasteiger partial charge in [-0.05, 0) is 94.8 Å². The second kappa shape index (κ2) is 25.0. The lowest BCUT2D eigenvalue weighted by atomic mass is 10.1. The molecule has 0 fully saturated rings. The first kappa shape index (κ1) is 45.2. The highest BCUT2D eigenvalue weighted by Crippen LogP contribution is 2.39. The van der Waals surface area contributed by atoms with Gasteiger partial charge in [0.15, 0.2) is 5.75 Å². The summed E-state index contributed by atoms with van der Waals surface area (Å²) < 4.78 is 28.3. The van der Waals surface area contributed by atoms with Gasteiger partial charge < -0.3 is 38.2 Å². The van der Waals surface area contributed by atoms with Gasteiger partial charge in [0.1, 0.15) is 28.6 Å². The van der Waals surface area contributed by atoms with Gasteiger partial charge in [-0.3, -0.25) is 0 Å². The monoisotopic (exact) mass is 792 g/mol. The Hall–Kier alpha value is -3.50. The van der Waals surface area contributed by atoms with Crippen molar-refractivity contribution in [1.29, 1.82) is 0 Å². The van der Waals surface area contributed by atoms with E-state index in [1.54, 1.807) is 0 Å². The number of aromatic nitrogens is 2. The van der Waals surface area contributed by atoms with Crippen LogP contribution in [0.5, 0.6) is 23.0 Å². The van der Waals surface area contributed by atoms with E-state index in [1.807, 2.05) is 42.5 Å². The van der Waals surface area contributed by atoms with Gasteiger partial charge in [0.25, 0.3) is 0 Å². The van der Waals surface area contributed by atoms with E-state index >= 15 is 0 Å². The van der Waals surface area contributed by atoms with E-state index in [4.69, 9.17) is 35.5 Å². The van der Waals surface area contributed by atoms with Crippen molar-refractivity contribution in [3.63, 3.8) is 0 Å². The average Bonchev–Trinajstić information content (AvgIpc) is 3.59. The minimum Gasteiger partial charge on any atom is -0.493 e. The molecule has 0 atom stereocenters. The van der Waals surface area contributed by atoms with Crippen molar-refractivity contribution in [2.24, 2.45) is 0 Å². The van der Waals surface area contributed by atoms with Crippen molar-refractivity contribution in [3.8, 4) is 34.4 Å². The molecule has 1 aromatic heterocycles. The number of benzene rings is 3. The minimum atomic E-state index is 0.546. The Morgan fingerprint density at radius 2 is 1.11 bits per heavy atom. The van der Waals surface area contributed by atoms with Crippen molar-refractivity contribution >= 4 is 22.6 Å². The van der Waals surface area contributed by atoms with E-state index < -0.39 is 0 Å². The summed E-state index contributed by atoms with van der Waals surface area (Å²) in [5, 5.41) is 0.738. The normalized spacial score (nSPS) is 11.7. The highest BCUT2D eigenvalue weighted by molar-refractivity contribution is 6.30. The molecule has 310 valence electrons. The van der Waals surface area contributed by atoms with E-state index in [9.17, 15) is 0 Å². The van der Waals surface area contributed by atoms with Gasteiger partial charge in [0.2, 0.25) is 0 Å². The third kappa shape index (κ3) is 13.9. The van der Waals surface area contributed by atoms with Crippen molar-refractivity contribution in [2.75, 3.05) is 85.3 Å². The molecule has 3 aromatic carbocycles. The number of rotatable bonds is 29. The summed E-state index contributed by atoms with van der Waals surface area (Å²) in [6.07, 6.45) is 5.68. The van der Waals surface area contributed by atoms with Crippen molar-refractivity contribution in [1.82, 2.24) is 24.3 Å². The van der Waals surface area contributed by atoms with E-state index in [2.05, 4.69) is 79.9 Å². The average molecular weight is 793 g/mol. The van der Waals surface area contributed by atoms with Gasteiger partial charge >= 0.3 is 0 Å². The molecule has 56 heavy (non-hydrogen) atoms. The zero-order valence-corrected chi connectivity index (χ0v) is 36.3. The number of halogens is 1. The number of nitrogens with zero attached hydrogens (tertiary/aromatic N) is 5. The van der Waals surface area contributed by atoms with Gasteiger partial charge in [-0.15, -0.1) is 0 Å². The second-order valence-corrected chi connectivity index (χ2v) is 14.7. The first-order valence-corrected chi connectivity index (χ1v) is 21.9. The highest BCUT2D eigenvalue weighted by atomic mass is 35.5. The predicted molar refractivity (Wildman–Crippen MR) is 234 cm³/mol. The molecule has 0 saturated heterocycles. The summed E-state index contributed by atoms with van der Waals surface area (Å²) in [5.41, 5.74) is 4.00. The summed E-state index contributed by atoms with van der Waals surface area (Å²) in [7, 11) is 0. The fourth-order valence-corrected chi connectivity index (χ4v) is 7.11. The zero-order valence-electron chi connectivity index (χ0n) is 35.6. The van der Waals surface area contributed by atoms with Crippen LogP contribution in [0.1, 0.15) is 86.1 Å². The number of imidazole rings is 1. The number of unbranched alkanes of at least 4 members (excludes halogenated alkanes) is 1. The molecular weight excluding hydrogens is 722 g/mol. The van der Waals surface area contributed by atoms with E-state index in [-0.39, 0.29) is 0 Å². The van der Waals surface area contributed by atoms with Crippen LogP contribution in [0.3, 0.4) is 0 Å². The Bertz CT molecular complexity index is 1690. The molecule has 0 aliphatic heterocycles. The fraction of sp³-hybridized carbons (Fsp3) is 0.587. The molecule has 0 aliphatic rings. The number of hydrogen-bond acceptors (Lipinski definition) is 8. The van der Waals surface area contributed by atoms with Gasteiger partial charge in [0.05, 0.1) is 37.5 Å². The first-order chi connectivity index (χ1) is 27.4. The van der Waals surface area contributed by atoms with Crippen LogP contribution in [0.15, 0.2) is 54.6 Å². The van der Waals surface area contributed by atoms with Crippen LogP contribution in [-0.2, 0) is 13.0 Å². The molecule has 0 saturated carbocycles. The molecule has 4 rings (SSSR count). The van der Waals surface area contributed by atoms with Crippen LogP contribution < -0.4 is 18.9 Å². The van der Waals surface area contributed by atoms with Crippen LogP contribution in [0.25, 0.3) is 22.4 Å². The van der Waals surface area contributed by atoms with Gasteiger partial charge in [-0.2, -0.15) is 0 Å². The summed E-state index contributed by atoms with van der Waals surface area (Å²) in [6, 6.07) is 18.3. The first-order valence-electron chi connectivity index (χ1n) is 21.5. The number of ether oxygens (including phenoxy) is 4. The lowest BCUT2D eigenvalue weighted by Gasteiger charge is -2.19. The molecule has 9 nitrogen and oxygen atoms in total. The molecule has 0 amide bonds. The Morgan fingerprint density at radius 1 is 0.571 bits per heavy atom. The fourth-order valence-electron chi connectivity index (χ4n) is 6.98. The maximum absolute atomic E-state index is 6.65. The molecule has 0 radical (unpaired) electrons. The lowest BCUT2D eigenvalue weighted by molar-refractivity contribution is 0.243. The van der Waals surface area contributed by atoms with E-state index in [0.29, 0.717) is 26.4 Å². The summed E-state index contributed by atoms with van der Waals surface area (Å²) in [5.74, 6) is 4.00. The Balaban J connectivity index is 1.70. The van der Waals surface area contributed by atoms with Crippen molar-refractivity contribution < 1.29 is 18.9 Å². The second-order valence-electron chi connectivity index (χ2n) is 14.3. The Labute approximate surface area is 343 Å². The SMILES string of the molecule is CCCCn1c(-c2ccc(OCCc3ccc(Cl)cc3)cc2OCCCN(CC)CC)nc2c(OCCCN(CC)CC)cc(OCCCN(CC)CC)cc21. The van der Waals surface area contributed by atoms with E-state index in [0.717, 1.165) is 154 Å². The zero-order chi connectivity index (χ0) is 40.1. The smallest absolute Gasteiger partial charge is 0.150 e. The van der Waals surface area contributed by atoms with Crippen LogP contribution >= 0.6 is 11.6 Å². The van der Waals surface area contributed by atoms with Gasteiger partial charge in [-0.1, -0.05) is 78.6 Å². The summed E-state index contributed by atoms with van der Waals surface area (Å²) in [6.45, 7) is 27.9. The highest BCUT2D eigenvalue weighted by Gasteiger charge is 2.22. The minimum absolute atomic E-state index is 0.546. The van der Waals surface area contributed by atoms with Gasteiger partial charge in [-0.25, -0.2) is 4.98 Å². The molecule has 10 heteroatoms. The van der Waals surface area contributed by atoms with Crippen LogP contribution in [0, 0.1) is 0 Å². The largest absolute Gasteiger partial charge is 0.493 e. The topological polar surface area (TPSA) is 64.5 Å². The predicted octanol–water partition coefficient (Wildman–Crippen LogP) is 10.1. The summed E-state index contributed by atoms with van der Waals surface area (Å²) in [4.78, 5) is 12.7. The third-order valence-corrected chi connectivity index (χ3v) is 10.9. The molecule has 0 aliphatic carbocycles. The molecular formula is C46H70ClN5O4. The molecule has 0 N–H and O–H groups in total. The lowest BCUT2D eigenvalue weighted by Crippen LogP contribution is -2.25. The quantitative estimate of drug-likeness (QED) is 0.0504. The van der Waals surface area contributed by atoms with Crippen LogP contribution in [0.4, 0.5) is 0 Å². The molecule has 0 unspecified atom stereocenters. The van der Waals surface area contributed by atoms with E-state index in [1.165, 1.54) is 5.56 Å². The number of aryl methyl sites for hydroxylation is 1. The summed E-state index contributed by atoms with van der Waals surface area (Å²) >= 11 is 6.11. The van der Waals surface area contributed by atoms with Crippen LogP contribution in [0.2, 0.25) is 5.02 Å². The molecule has 4 aromatic rings. The van der Waals surface area contributed by atoms with Crippen molar-refractivity contribution in [3.05, 3.63) is 65.2 Å². The Morgan fingerprint density at radius 3 is 1.68 bits per heavy atom. The number of hydrogen-bond donors (Lipinski definition) is 0. The molecule has 1 heterocycles. The van der Waals surface area contributed by atoms with Gasteiger partial charge in [0, 0.05) is 55.8 Å². The Kier molecular flexibility index (Phi) is 20.2. The third-order valence-electron chi connectivity index (χ3n) is 10.6.